The Morgan fingerprint density at radius 3 is 2.92 bits per heavy atom. The van der Waals surface area contributed by atoms with Crippen molar-refractivity contribution in [2.45, 2.75) is 57.1 Å². The SMILES string of the molecule is O=C(CCc1nc2ccccc2[nH]1)N[C@H]1[C@H]2CCO[C@H]2[C@H]1C1CCCC1. The number of aromatic amines is 1. The molecule has 138 valence electrons. The number of aromatic nitrogens is 2. The molecule has 2 saturated carbocycles. The molecule has 1 saturated heterocycles. The largest absolute Gasteiger partial charge is 0.377 e. The standard InChI is InChI=1S/C21H27N3O2/c25-18(10-9-17-22-15-7-3-4-8-16(15)23-17)24-20-14-11-12-26-21(14)19(20)13-5-1-2-6-13/h3-4,7-8,13-14,19-21H,1-2,5-6,9-12H2,(H,22,23)(H,24,25)/t14-,19+,20+,21-/m1/s1. The van der Waals surface area contributed by atoms with Crippen molar-refractivity contribution in [1.82, 2.24) is 15.3 Å². The first kappa shape index (κ1) is 16.3. The van der Waals surface area contributed by atoms with Gasteiger partial charge >= 0.3 is 0 Å². The van der Waals surface area contributed by atoms with Crippen LogP contribution in [0.5, 0.6) is 0 Å². The monoisotopic (exact) mass is 353 g/mol. The van der Waals surface area contributed by atoms with Gasteiger partial charge in [0.1, 0.15) is 5.82 Å². The third kappa shape index (κ3) is 2.82. The third-order valence-electron chi connectivity index (χ3n) is 6.74. The zero-order chi connectivity index (χ0) is 17.5. The lowest BCUT2D eigenvalue weighted by atomic mass is 9.61. The topological polar surface area (TPSA) is 67.0 Å². The number of fused-ring (bicyclic) bond motifs is 2. The Balaban J connectivity index is 1.20. The molecule has 5 rings (SSSR count). The van der Waals surface area contributed by atoms with Gasteiger partial charge in [0.15, 0.2) is 0 Å². The Hall–Kier alpha value is -1.88. The fraction of sp³-hybridized carbons (Fsp3) is 0.619. The van der Waals surface area contributed by atoms with Crippen molar-refractivity contribution < 1.29 is 9.53 Å². The van der Waals surface area contributed by atoms with Gasteiger partial charge in [-0.25, -0.2) is 4.98 Å². The van der Waals surface area contributed by atoms with E-state index in [-0.39, 0.29) is 5.91 Å². The minimum absolute atomic E-state index is 0.156. The van der Waals surface area contributed by atoms with Gasteiger partial charge in [-0.05, 0) is 24.5 Å². The highest BCUT2D eigenvalue weighted by Crippen LogP contribution is 2.51. The zero-order valence-corrected chi connectivity index (χ0v) is 15.1. The summed E-state index contributed by atoms with van der Waals surface area (Å²) in [5, 5.41) is 3.36. The number of aryl methyl sites for hydroxylation is 1. The van der Waals surface area contributed by atoms with Gasteiger partial charge in [-0.3, -0.25) is 4.79 Å². The minimum atomic E-state index is 0.156. The van der Waals surface area contributed by atoms with Crippen molar-refractivity contribution in [2.24, 2.45) is 17.8 Å². The average Bonchev–Trinajstić information content (AvgIpc) is 3.38. The maximum absolute atomic E-state index is 12.6. The highest BCUT2D eigenvalue weighted by atomic mass is 16.5. The number of carbonyl (C=O) groups is 1. The van der Waals surface area contributed by atoms with Crippen LogP contribution in [0.25, 0.3) is 11.0 Å². The van der Waals surface area contributed by atoms with Gasteiger partial charge in [-0.2, -0.15) is 0 Å². The van der Waals surface area contributed by atoms with Gasteiger partial charge in [-0.15, -0.1) is 0 Å². The van der Waals surface area contributed by atoms with E-state index in [0.29, 0.717) is 36.8 Å². The molecular weight excluding hydrogens is 326 g/mol. The molecule has 5 nitrogen and oxygen atoms in total. The molecule has 0 radical (unpaired) electrons. The number of amides is 1. The molecule has 2 aromatic rings. The van der Waals surface area contributed by atoms with Crippen LogP contribution in [-0.4, -0.2) is 34.6 Å². The van der Waals surface area contributed by atoms with E-state index in [4.69, 9.17) is 4.74 Å². The van der Waals surface area contributed by atoms with Crippen LogP contribution in [0.1, 0.15) is 44.3 Å². The number of hydrogen-bond acceptors (Lipinski definition) is 3. The van der Waals surface area contributed by atoms with Crippen molar-refractivity contribution in [3.63, 3.8) is 0 Å². The maximum Gasteiger partial charge on any atom is 0.220 e. The first-order valence-corrected chi connectivity index (χ1v) is 10.1. The Morgan fingerprint density at radius 1 is 1.23 bits per heavy atom. The molecule has 1 aromatic heterocycles. The molecule has 0 spiro atoms. The molecule has 1 aliphatic heterocycles. The number of rotatable bonds is 5. The molecule has 5 heteroatoms. The van der Waals surface area contributed by atoms with Crippen LogP contribution in [0.4, 0.5) is 0 Å². The number of nitrogens with zero attached hydrogens (tertiary/aromatic N) is 1. The lowest BCUT2D eigenvalue weighted by Crippen LogP contribution is -2.63. The van der Waals surface area contributed by atoms with E-state index in [2.05, 4.69) is 15.3 Å². The number of para-hydroxylation sites is 2. The van der Waals surface area contributed by atoms with E-state index in [9.17, 15) is 4.79 Å². The summed E-state index contributed by atoms with van der Waals surface area (Å²) in [6.07, 6.45) is 7.95. The molecule has 0 bridgehead atoms. The summed E-state index contributed by atoms with van der Waals surface area (Å²) >= 11 is 0. The van der Waals surface area contributed by atoms with E-state index in [1.54, 1.807) is 0 Å². The van der Waals surface area contributed by atoms with Gasteiger partial charge in [0, 0.05) is 37.3 Å². The summed E-state index contributed by atoms with van der Waals surface area (Å²) in [6.45, 7) is 0.865. The van der Waals surface area contributed by atoms with Crippen molar-refractivity contribution in [3.05, 3.63) is 30.1 Å². The van der Waals surface area contributed by atoms with Crippen LogP contribution >= 0.6 is 0 Å². The highest BCUT2D eigenvalue weighted by molar-refractivity contribution is 5.77. The number of H-pyrrole nitrogens is 1. The summed E-state index contributed by atoms with van der Waals surface area (Å²) in [7, 11) is 0. The predicted molar refractivity (Wildman–Crippen MR) is 99.6 cm³/mol. The minimum Gasteiger partial charge on any atom is -0.377 e. The molecule has 1 aromatic carbocycles. The van der Waals surface area contributed by atoms with Crippen LogP contribution < -0.4 is 5.32 Å². The second-order valence-electron chi connectivity index (χ2n) is 8.20. The van der Waals surface area contributed by atoms with Crippen molar-refractivity contribution in [3.8, 4) is 0 Å². The van der Waals surface area contributed by atoms with Gasteiger partial charge in [0.2, 0.25) is 5.91 Å². The van der Waals surface area contributed by atoms with Crippen molar-refractivity contribution >= 4 is 16.9 Å². The summed E-state index contributed by atoms with van der Waals surface area (Å²) in [5.74, 6) is 2.87. The van der Waals surface area contributed by atoms with E-state index < -0.39 is 0 Å². The molecule has 3 aliphatic rings. The molecule has 3 fully saturated rings. The van der Waals surface area contributed by atoms with Crippen LogP contribution in [0.3, 0.4) is 0 Å². The van der Waals surface area contributed by atoms with E-state index in [1.165, 1.54) is 25.7 Å². The molecule has 4 atom stereocenters. The predicted octanol–water partition coefficient (Wildman–Crippen LogP) is 3.21. The van der Waals surface area contributed by atoms with Crippen LogP contribution in [-0.2, 0) is 16.0 Å². The Kier molecular flexibility index (Phi) is 4.20. The summed E-state index contributed by atoms with van der Waals surface area (Å²) < 4.78 is 5.99. The summed E-state index contributed by atoms with van der Waals surface area (Å²) in [4.78, 5) is 20.5. The quantitative estimate of drug-likeness (QED) is 0.867. The summed E-state index contributed by atoms with van der Waals surface area (Å²) in [5.41, 5.74) is 2.00. The normalized spacial score (nSPS) is 31.1. The maximum atomic E-state index is 12.6. The van der Waals surface area contributed by atoms with Gasteiger partial charge < -0.3 is 15.0 Å². The van der Waals surface area contributed by atoms with Gasteiger partial charge in [-0.1, -0.05) is 37.8 Å². The molecule has 2 N–H and O–H groups in total. The van der Waals surface area contributed by atoms with E-state index in [0.717, 1.165) is 35.8 Å². The van der Waals surface area contributed by atoms with E-state index in [1.807, 2.05) is 24.3 Å². The number of nitrogens with one attached hydrogen (secondary N) is 2. The second kappa shape index (κ2) is 6.69. The van der Waals surface area contributed by atoms with Crippen molar-refractivity contribution in [1.29, 1.82) is 0 Å². The van der Waals surface area contributed by atoms with Crippen LogP contribution in [0, 0.1) is 17.8 Å². The van der Waals surface area contributed by atoms with Gasteiger partial charge in [0.05, 0.1) is 17.1 Å². The average molecular weight is 353 g/mol. The molecule has 2 aliphatic carbocycles. The second-order valence-corrected chi connectivity index (χ2v) is 8.20. The molecule has 26 heavy (non-hydrogen) atoms. The van der Waals surface area contributed by atoms with E-state index >= 15 is 0 Å². The zero-order valence-electron chi connectivity index (χ0n) is 15.1. The Bertz CT molecular complexity index is 758. The number of benzene rings is 1. The highest BCUT2D eigenvalue weighted by Gasteiger charge is 2.56. The number of ether oxygens (including phenoxy) is 1. The lowest BCUT2D eigenvalue weighted by Gasteiger charge is -2.50. The lowest BCUT2D eigenvalue weighted by molar-refractivity contribution is -0.129. The molecule has 1 amide bonds. The fourth-order valence-electron chi connectivity index (χ4n) is 5.47. The fourth-order valence-corrected chi connectivity index (χ4v) is 5.47. The number of carbonyl (C=O) groups excluding carboxylic acids is 1. The van der Waals surface area contributed by atoms with Gasteiger partial charge in [0.25, 0.3) is 0 Å². The Labute approximate surface area is 153 Å². The van der Waals surface area contributed by atoms with Crippen LogP contribution in [0.2, 0.25) is 0 Å². The molecule has 2 heterocycles. The molecular formula is C21H27N3O2. The first-order valence-electron chi connectivity index (χ1n) is 10.1. The summed E-state index contributed by atoms with van der Waals surface area (Å²) in [6, 6.07) is 8.33. The third-order valence-corrected chi connectivity index (χ3v) is 6.74. The van der Waals surface area contributed by atoms with Crippen molar-refractivity contribution in [2.75, 3.05) is 6.61 Å². The number of hydrogen-bond donors (Lipinski definition) is 2. The van der Waals surface area contributed by atoms with Crippen LogP contribution in [0.15, 0.2) is 24.3 Å². The molecule has 0 unspecified atom stereocenters. The smallest absolute Gasteiger partial charge is 0.220 e. The Morgan fingerprint density at radius 2 is 2.08 bits per heavy atom. The number of imidazole rings is 1. The first-order chi connectivity index (χ1) is 12.8.